The minimum Gasteiger partial charge on any atom is -0.478 e. The summed E-state index contributed by atoms with van der Waals surface area (Å²) in [7, 11) is 0. The molecule has 0 aliphatic carbocycles. The largest absolute Gasteiger partial charge is 0.478 e. The van der Waals surface area contributed by atoms with Crippen LogP contribution < -0.4 is 4.74 Å². The molecule has 1 heterocycles. The summed E-state index contributed by atoms with van der Waals surface area (Å²) in [5.41, 5.74) is 0.0314. The SMILES string of the molecule is CC(C)(C)CCOc1cc(Cl)nc(C(F)(F)F)n1. The van der Waals surface area contributed by atoms with Gasteiger partial charge in [-0.15, -0.1) is 0 Å². The monoisotopic (exact) mass is 282 g/mol. The van der Waals surface area contributed by atoms with Crippen molar-refractivity contribution < 1.29 is 17.9 Å². The molecule has 3 nitrogen and oxygen atoms in total. The normalized spacial score (nSPS) is 12.6. The van der Waals surface area contributed by atoms with Gasteiger partial charge in [-0.1, -0.05) is 32.4 Å². The molecular formula is C11H14ClF3N2O. The Balaban J connectivity index is 2.75. The van der Waals surface area contributed by atoms with Crippen LogP contribution in [-0.2, 0) is 6.18 Å². The van der Waals surface area contributed by atoms with E-state index in [1.54, 1.807) is 0 Å². The third kappa shape index (κ3) is 5.08. The smallest absolute Gasteiger partial charge is 0.451 e. The summed E-state index contributed by atoms with van der Waals surface area (Å²) in [5.74, 6) is -1.45. The van der Waals surface area contributed by atoms with Gasteiger partial charge in [0, 0.05) is 6.07 Å². The fourth-order valence-electron chi connectivity index (χ4n) is 1.06. The van der Waals surface area contributed by atoms with Gasteiger partial charge in [-0.2, -0.15) is 18.2 Å². The van der Waals surface area contributed by atoms with Gasteiger partial charge in [0.05, 0.1) is 6.61 Å². The van der Waals surface area contributed by atoms with Crippen LogP contribution in [0.2, 0.25) is 5.15 Å². The lowest BCUT2D eigenvalue weighted by Crippen LogP contribution is -2.14. The Bertz CT molecular complexity index is 416. The van der Waals surface area contributed by atoms with Gasteiger partial charge in [0.15, 0.2) is 0 Å². The number of alkyl halides is 3. The Hall–Kier alpha value is -1.04. The quantitative estimate of drug-likeness (QED) is 0.787. The molecule has 0 atom stereocenters. The molecule has 0 radical (unpaired) electrons. The molecule has 1 aromatic heterocycles. The molecule has 0 spiro atoms. The zero-order valence-corrected chi connectivity index (χ0v) is 11.1. The van der Waals surface area contributed by atoms with E-state index in [0.29, 0.717) is 6.42 Å². The predicted octanol–water partition coefficient (Wildman–Crippen LogP) is 3.96. The van der Waals surface area contributed by atoms with Crippen molar-refractivity contribution in [1.29, 1.82) is 0 Å². The second-order valence-electron chi connectivity index (χ2n) is 5.01. The molecule has 0 unspecified atom stereocenters. The van der Waals surface area contributed by atoms with Gasteiger partial charge in [0.25, 0.3) is 0 Å². The van der Waals surface area contributed by atoms with Crippen molar-refractivity contribution in [3.05, 3.63) is 17.0 Å². The topological polar surface area (TPSA) is 35.0 Å². The van der Waals surface area contributed by atoms with Crippen LogP contribution in [0.3, 0.4) is 0 Å². The third-order valence-corrected chi connectivity index (χ3v) is 2.22. The summed E-state index contributed by atoms with van der Waals surface area (Å²) in [6, 6.07) is 1.17. The van der Waals surface area contributed by atoms with Crippen LogP contribution in [0.4, 0.5) is 13.2 Å². The lowest BCUT2D eigenvalue weighted by molar-refractivity contribution is -0.145. The van der Waals surface area contributed by atoms with Crippen molar-refractivity contribution in [2.45, 2.75) is 33.4 Å². The van der Waals surface area contributed by atoms with Crippen LogP contribution in [0, 0.1) is 5.41 Å². The molecule has 1 aromatic rings. The van der Waals surface area contributed by atoms with Gasteiger partial charge in [0.1, 0.15) is 5.15 Å². The van der Waals surface area contributed by atoms with E-state index >= 15 is 0 Å². The maximum atomic E-state index is 12.4. The molecule has 7 heteroatoms. The third-order valence-electron chi connectivity index (χ3n) is 2.03. The fraction of sp³-hybridized carbons (Fsp3) is 0.636. The highest BCUT2D eigenvalue weighted by atomic mass is 35.5. The first-order valence-electron chi connectivity index (χ1n) is 5.32. The summed E-state index contributed by atoms with van der Waals surface area (Å²) in [6.45, 7) is 6.29. The van der Waals surface area contributed by atoms with Crippen LogP contribution in [0.1, 0.15) is 33.0 Å². The molecule has 0 aromatic carbocycles. The molecule has 102 valence electrons. The maximum absolute atomic E-state index is 12.4. The van der Waals surface area contributed by atoms with Crippen molar-refractivity contribution in [3.8, 4) is 5.88 Å². The number of nitrogens with zero attached hydrogens (tertiary/aromatic N) is 2. The van der Waals surface area contributed by atoms with Crippen LogP contribution in [0.5, 0.6) is 5.88 Å². The minimum absolute atomic E-state index is 0.0314. The van der Waals surface area contributed by atoms with E-state index in [2.05, 4.69) is 9.97 Å². The first kappa shape index (κ1) is 15.0. The number of rotatable bonds is 3. The van der Waals surface area contributed by atoms with Crippen LogP contribution in [0.15, 0.2) is 6.07 Å². The van der Waals surface area contributed by atoms with E-state index in [0.717, 1.165) is 0 Å². The van der Waals surface area contributed by atoms with Crippen LogP contribution >= 0.6 is 11.6 Å². The number of aromatic nitrogens is 2. The number of halogens is 4. The summed E-state index contributed by atoms with van der Waals surface area (Å²) in [6.07, 6.45) is -3.94. The van der Waals surface area contributed by atoms with Gasteiger partial charge in [-0.25, -0.2) is 4.98 Å². The molecule has 18 heavy (non-hydrogen) atoms. The Morgan fingerprint density at radius 1 is 1.22 bits per heavy atom. The minimum atomic E-state index is -4.63. The number of hydrogen-bond donors (Lipinski definition) is 0. The molecule has 0 saturated carbocycles. The highest BCUT2D eigenvalue weighted by molar-refractivity contribution is 6.29. The summed E-state index contributed by atoms with van der Waals surface area (Å²) in [4.78, 5) is 6.39. The van der Waals surface area contributed by atoms with Gasteiger partial charge >= 0.3 is 6.18 Å². The van der Waals surface area contributed by atoms with Crippen molar-refractivity contribution in [2.24, 2.45) is 5.41 Å². The van der Waals surface area contributed by atoms with E-state index in [4.69, 9.17) is 16.3 Å². The average molecular weight is 283 g/mol. The van der Waals surface area contributed by atoms with Gasteiger partial charge in [-0.3, -0.25) is 0 Å². The zero-order valence-electron chi connectivity index (χ0n) is 10.3. The first-order chi connectivity index (χ1) is 8.08. The van der Waals surface area contributed by atoms with Crippen molar-refractivity contribution in [1.82, 2.24) is 9.97 Å². The lowest BCUT2D eigenvalue weighted by Gasteiger charge is -2.18. The number of ether oxygens (including phenoxy) is 1. The standard InChI is InChI=1S/C11H14ClF3N2O/c1-10(2,3)4-5-18-8-6-7(12)16-9(17-8)11(13,14)15/h6H,4-5H2,1-3H3. The van der Waals surface area contributed by atoms with Crippen molar-refractivity contribution in [3.63, 3.8) is 0 Å². The lowest BCUT2D eigenvalue weighted by atomic mass is 9.93. The van der Waals surface area contributed by atoms with Crippen LogP contribution in [-0.4, -0.2) is 16.6 Å². The predicted molar refractivity (Wildman–Crippen MR) is 61.6 cm³/mol. The Morgan fingerprint density at radius 2 is 1.83 bits per heavy atom. The van der Waals surface area contributed by atoms with E-state index in [1.165, 1.54) is 6.07 Å². The fourth-order valence-corrected chi connectivity index (χ4v) is 1.23. The van der Waals surface area contributed by atoms with E-state index < -0.39 is 12.0 Å². The zero-order chi connectivity index (χ0) is 14.0. The molecule has 0 amide bonds. The molecule has 0 fully saturated rings. The van der Waals surface area contributed by atoms with Crippen molar-refractivity contribution in [2.75, 3.05) is 6.61 Å². The summed E-state index contributed by atoms with van der Waals surface area (Å²) in [5, 5.41) is -0.289. The highest BCUT2D eigenvalue weighted by Gasteiger charge is 2.35. The molecule has 0 aliphatic heterocycles. The van der Waals surface area contributed by atoms with E-state index in [-0.39, 0.29) is 23.1 Å². The van der Waals surface area contributed by atoms with Gasteiger partial charge in [0.2, 0.25) is 11.7 Å². The molecule has 0 N–H and O–H groups in total. The first-order valence-corrected chi connectivity index (χ1v) is 5.70. The van der Waals surface area contributed by atoms with E-state index in [9.17, 15) is 13.2 Å². The number of hydrogen-bond acceptors (Lipinski definition) is 3. The van der Waals surface area contributed by atoms with E-state index in [1.807, 2.05) is 20.8 Å². The van der Waals surface area contributed by atoms with Crippen molar-refractivity contribution >= 4 is 11.6 Å². The summed E-state index contributed by atoms with van der Waals surface area (Å²) >= 11 is 5.49. The molecule has 1 rings (SSSR count). The molecule has 0 saturated heterocycles. The molecule has 0 aliphatic rings. The maximum Gasteiger partial charge on any atom is 0.451 e. The van der Waals surface area contributed by atoms with Crippen LogP contribution in [0.25, 0.3) is 0 Å². The Labute approximate surface area is 108 Å². The van der Waals surface area contributed by atoms with Gasteiger partial charge in [-0.05, 0) is 11.8 Å². The Morgan fingerprint density at radius 3 is 2.33 bits per heavy atom. The Kier molecular flexibility index (Phi) is 4.42. The second kappa shape index (κ2) is 5.30. The van der Waals surface area contributed by atoms with Gasteiger partial charge < -0.3 is 4.74 Å². The average Bonchev–Trinajstić information content (AvgIpc) is 2.13. The highest BCUT2D eigenvalue weighted by Crippen LogP contribution is 2.29. The summed E-state index contributed by atoms with van der Waals surface area (Å²) < 4.78 is 42.4. The second-order valence-corrected chi connectivity index (χ2v) is 5.40. The molecule has 0 bridgehead atoms. The molecular weight excluding hydrogens is 269 g/mol.